The molecule has 22 heavy (non-hydrogen) atoms. The zero-order valence-corrected chi connectivity index (χ0v) is 13.2. The van der Waals surface area contributed by atoms with E-state index in [1.54, 1.807) is 0 Å². The van der Waals surface area contributed by atoms with Crippen molar-refractivity contribution in [2.75, 3.05) is 66.1 Å². The van der Waals surface area contributed by atoms with Crippen molar-refractivity contribution in [2.24, 2.45) is 5.41 Å². The summed E-state index contributed by atoms with van der Waals surface area (Å²) in [5.74, 6) is 5.36. The number of ether oxygens (including phenoxy) is 5. The maximum absolute atomic E-state index is 5.69. The molecule has 1 aliphatic rings. The monoisotopic (exact) mass is 310 g/mol. The zero-order valence-electron chi connectivity index (χ0n) is 13.2. The molecule has 1 heterocycles. The van der Waals surface area contributed by atoms with Gasteiger partial charge < -0.3 is 23.7 Å². The molecule has 5 nitrogen and oxygen atoms in total. The largest absolute Gasteiger partial charge is 0.378 e. The van der Waals surface area contributed by atoms with Gasteiger partial charge in [0.2, 0.25) is 0 Å². The predicted octanol–water partition coefficient (Wildman–Crippen LogP) is 1.12. The molecular formula is C17H26O5. The van der Waals surface area contributed by atoms with Gasteiger partial charge in [0.1, 0.15) is 0 Å². The summed E-state index contributed by atoms with van der Waals surface area (Å²) in [6.45, 7) is 5.16. The van der Waals surface area contributed by atoms with Gasteiger partial charge in [-0.25, -0.2) is 0 Å². The summed E-state index contributed by atoms with van der Waals surface area (Å²) in [5, 5.41) is 0. The van der Waals surface area contributed by atoms with Crippen molar-refractivity contribution in [3.63, 3.8) is 0 Å². The van der Waals surface area contributed by atoms with Crippen LogP contribution in [0.3, 0.4) is 0 Å². The van der Waals surface area contributed by atoms with Crippen molar-refractivity contribution in [3.05, 3.63) is 0 Å². The van der Waals surface area contributed by atoms with Gasteiger partial charge in [-0.1, -0.05) is 0 Å². The Hall–Kier alpha value is -1.08. The van der Waals surface area contributed by atoms with Crippen LogP contribution in [0.1, 0.15) is 12.8 Å². The van der Waals surface area contributed by atoms with E-state index in [4.69, 9.17) is 36.5 Å². The molecule has 1 aliphatic heterocycles. The van der Waals surface area contributed by atoms with Crippen molar-refractivity contribution >= 4 is 0 Å². The van der Waals surface area contributed by atoms with E-state index in [-0.39, 0.29) is 5.41 Å². The molecule has 0 saturated carbocycles. The van der Waals surface area contributed by atoms with Gasteiger partial charge in [0.25, 0.3) is 0 Å². The van der Waals surface area contributed by atoms with Gasteiger partial charge in [-0.2, -0.15) is 0 Å². The lowest BCUT2D eigenvalue weighted by Gasteiger charge is -2.30. The molecule has 0 bridgehead atoms. The number of hydrogen-bond donors (Lipinski definition) is 0. The van der Waals surface area contributed by atoms with E-state index in [0.29, 0.717) is 78.9 Å². The fourth-order valence-electron chi connectivity index (χ4n) is 2.10. The summed E-state index contributed by atoms with van der Waals surface area (Å²) in [5.41, 5.74) is -0.344. The molecule has 0 aromatic rings. The van der Waals surface area contributed by atoms with Crippen molar-refractivity contribution in [2.45, 2.75) is 12.8 Å². The van der Waals surface area contributed by atoms with Crippen LogP contribution in [0.15, 0.2) is 0 Å². The van der Waals surface area contributed by atoms with Gasteiger partial charge in [0.05, 0.1) is 66.1 Å². The zero-order chi connectivity index (χ0) is 15.9. The molecule has 0 aliphatic carbocycles. The van der Waals surface area contributed by atoms with Crippen molar-refractivity contribution in [3.8, 4) is 24.7 Å². The van der Waals surface area contributed by atoms with Gasteiger partial charge in [0, 0.05) is 18.3 Å². The Kier molecular flexibility index (Phi) is 10.7. The fraction of sp³-hybridized carbons (Fsp3) is 0.765. The lowest BCUT2D eigenvalue weighted by Crippen LogP contribution is -2.33. The minimum absolute atomic E-state index is 0.344. The second kappa shape index (κ2) is 12.5. The molecule has 1 saturated heterocycles. The van der Waals surface area contributed by atoms with E-state index >= 15 is 0 Å². The molecule has 0 aromatic carbocycles. The Morgan fingerprint density at radius 1 is 0.591 bits per heavy atom. The molecule has 0 radical (unpaired) electrons. The molecule has 0 amide bonds. The van der Waals surface area contributed by atoms with Crippen LogP contribution >= 0.6 is 0 Å². The first-order chi connectivity index (χ1) is 10.8. The van der Waals surface area contributed by atoms with E-state index in [1.807, 2.05) is 0 Å². The van der Waals surface area contributed by atoms with E-state index < -0.39 is 0 Å². The molecular weight excluding hydrogens is 284 g/mol. The summed E-state index contributed by atoms with van der Waals surface area (Å²) in [6, 6.07) is 0. The molecule has 0 unspecified atom stereocenters. The first kappa shape index (κ1) is 19.0. The van der Waals surface area contributed by atoms with Crippen LogP contribution in [0.5, 0.6) is 0 Å². The van der Waals surface area contributed by atoms with E-state index in [1.165, 1.54) is 0 Å². The Labute approximate surface area is 133 Å². The Balaban J connectivity index is 2.51. The molecule has 0 atom stereocenters. The average Bonchev–Trinajstić information content (AvgIpc) is 2.50. The second-order valence-electron chi connectivity index (χ2n) is 5.20. The predicted molar refractivity (Wildman–Crippen MR) is 83.4 cm³/mol. The lowest BCUT2D eigenvalue weighted by atomic mass is 9.83. The van der Waals surface area contributed by atoms with Crippen LogP contribution in [0, 0.1) is 30.1 Å². The molecule has 124 valence electrons. The van der Waals surface area contributed by atoms with Gasteiger partial charge in [-0.15, -0.1) is 24.7 Å². The maximum atomic E-state index is 5.69. The summed E-state index contributed by atoms with van der Waals surface area (Å²) >= 11 is 0. The number of terminal acetylenes is 2. The highest BCUT2D eigenvalue weighted by atomic mass is 16.6. The third kappa shape index (κ3) is 8.38. The van der Waals surface area contributed by atoms with Gasteiger partial charge >= 0.3 is 0 Å². The third-order valence-corrected chi connectivity index (χ3v) is 3.26. The van der Waals surface area contributed by atoms with E-state index in [2.05, 4.69) is 11.8 Å². The Morgan fingerprint density at radius 3 is 1.23 bits per heavy atom. The van der Waals surface area contributed by atoms with Crippen LogP contribution in [0.2, 0.25) is 0 Å². The second-order valence-corrected chi connectivity index (χ2v) is 5.20. The molecule has 0 spiro atoms. The van der Waals surface area contributed by atoms with Crippen LogP contribution in [0.4, 0.5) is 0 Å². The fourth-order valence-corrected chi connectivity index (χ4v) is 2.10. The molecule has 0 N–H and O–H groups in total. The first-order valence-corrected chi connectivity index (χ1v) is 7.59. The summed E-state index contributed by atoms with van der Waals surface area (Å²) in [6.07, 6.45) is 12.0. The van der Waals surface area contributed by atoms with Crippen molar-refractivity contribution < 1.29 is 23.7 Å². The molecule has 0 aromatic heterocycles. The highest BCUT2D eigenvalue weighted by Crippen LogP contribution is 2.27. The smallest absolute Gasteiger partial charge is 0.0701 e. The minimum atomic E-state index is -0.344. The summed E-state index contributed by atoms with van der Waals surface area (Å²) < 4.78 is 27.6. The van der Waals surface area contributed by atoms with Crippen molar-refractivity contribution in [1.29, 1.82) is 0 Å². The van der Waals surface area contributed by atoms with Crippen LogP contribution < -0.4 is 0 Å². The topological polar surface area (TPSA) is 46.2 Å². The number of hydrogen-bond acceptors (Lipinski definition) is 5. The van der Waals surface area contributed by atoms with Crippen LogP contribution in [-0.4, -0.2) is 66.1 Å². The van der Waals surface area contributed by atoms with Gasteiger partial charge in [-0.3, -0.25) is 0 Å². The van der Waals surface area contributed by atoms with Crippen molar-refractivity contribution in [1.82, 2.24) is 0 Å². The average molecular weight is 310 g/mol. The van der Waals surface area contributed by atoms with Crippen LogP contribution in [-0.2, 0) is 23.7 Å². The van der Waals surface area contributed by atoms with Gasteiger partial charge in [0.15, 0.2) is 0 Å². The Morgan fingerprint density at radius 2 is 0.909 bits per heavy atom. The summed E-state index contributed by atoms with van der Waals surface area (Å²) in [4.78, 5) is 0. The first-order valence-electron chi connectivity index (χ1n) is 7.59. The molecule has 1 fully saturated rings. The number of rotatable bonds is 2. The summed E-state index contributed by atoms with van der Waals surface area (Å²) in [7, 11) is 0. The standard InChI is InChI=1S/C17H26O5/c1-3-5-17(6-4-2)15-21-13-11-19-9-7-18-8-10-20-12-14-22-16-17/h1-2H,5-16H2. The lowest BCUT2D eigenvalue weighted by molar-refractivity contribution is -0.0579. The van der Waals surface area contributed by atoms with E-state index in [9.17, 15) is 0 Å². The quantitative estimate of drug-likeness (QED) is 0.715. The minimum Gasteiger partial charge on any atom is -0.378 e. The Bertz CT molecular complexity index is 321. The van der Waals surface area contributed by atoms with Crippen LogP contribution in [0.25, 0.3) is 0 Å². The highest BCUT2D eigenvalue weighted by molar-refractivity contribution is 5.01. The molecule has 1 rings (SSSR count). The highest BCUT2D eigenvalue weighted by Gasteiger charge is 2.29. The molecule has 5 heteroatoms. The SMILES string of the molecule is C#CCC1(CC#C)COCCOCCOCCOCCOC1. The van der Waals surface area contributed by atoms with Gasteiger partial charge in [-0.05, 0) is 0 Å². The third-order valence-electron chi connectivity index (χ3n) is 3.26. The van der Waals surface area contributed by atoms with E-state index in [0.717, 1.165) is 0 Å². The maximum Gasteiger partial charge on any atom is 0.0701 e. The normalized spacial score (nSPS) is 22.3.